The maximum atomic E-state index is 12.3. The van der Waals surface area contributed by atoms with Gasteiger partial charge in [-0.3, -0.25) is 19.4 Å². The second kappa shape index (κ2) is 3.71. The van der Waals surface area contributed by atoms with Crippen molar-refractivity contribution >= 4 is 17.3 Å². The molecule has 1 aliphatic carbocycles. The Hall–Kier alpha value is -2.56. The fourth-order valence-corrected chi connectivity index (χ4v) is 2.29. The number of carbonyl (C=O) groups is 3. The Kier molecular flexibility index (Phi) is 2.25. The van der Waals surface area contributed by atoms with Crippen molar-refractivity contribution in [2.45, 2.75) is 13.8 Å². The van der Waals surface area contributed by atoms with Crippen molar-refractivity contribution in [2.75, 3.05) is 0 Å². The van der Waals surface area contributed by atoms with Crippen LogP contribution in [0.5, 0.6) is 0 Å². The third kappa shape index (κ3) is 1.41. The highest BCUT2D eigenvalue weighted by atomic mass is 16.4. The number of ketones is 3. The van der Waals surface area contributed by atoms with Crippen LogP contribution in [-0.2, 0) is 0 Å². The number of rotatable bonds is 1. The molecule has 2 aromatic rings. The summed E-state index contributed by atoms with van der Waals surface area (Å²) in [5, 5.41) is 0. The second-order valence-corrected chi connectivity index (χ2v) is 4.37. The van der Waals surface area contributed by atoms with Gasteiger partial charge in [-0.1, -0.05) is 0 Å². The minimum atomic E-state index is -0.409. The van der Waals surface area contributed by atoms with E-state index in [0.717, 1.165) is 0 Å². The molecule has 0 aliphatic heterocycles. The average Bonchev–Trinajstić information content (AvgIpc) is 2.74. The first-order valence-corrected chi connectivity index (χ1v) is 5.71. The minimum absolute atomic E-state index is 0.0551. The summed E-state index contributed by atoms with van der Waals surface area (Å²) in [7, 11) is 0. The van der Waals surface area contributed by atoms with Crippen LogP contribution in [0.1, 0.15) is 55.2 Å². The minimum Gasteiger partial charge on any atom is -0.448 e. The lowest BCUT2D eigenvalue weighted by molar-refractivity contribution is 0.0945. The molecule has 0 spiro atoms. The smallest absolute Gasteiger partial charge is 0.231 e. The monoisotopic (exact) mass is 255 g/mol. The van der Waals surface area contributed by atoms with Crippen molar-refractivity contribution in [3.63, 3.8) is 0 Å². The molecule has 0 aromatic carbocycles. The van der Waals surface area contributed by atoms with Gasteiger partial charge in [0.1, 0.15) is 5.69 Å². The van der Waals surface area contributed by atoms with Gasteiger partial charge in [0.25, 0.3) is 0 Å². The van der Waals surface area contributed by atoms with Crippen molar-refractivity contribution in [2.24, 2.45) is 0 Å². The lowest BCUT2D eigenvalue weighted by atomic mass is 9.90. The zero-order valence-electron chi connectivity index (χ0n) is 10.3. The largest absolute Gasteiger partial charge is 0.448 e. The van der Waals surface area contributed by atoms with E-state index in [4.69, 9.17) is 4.42 Å². The summed E-state index contributed by atoms with van der Waals surface area (Å²) in [6.07, 6.45) is 1.45. The number of furan rings is 1. The molecule has 0 saturated heterocycles. The average molecular weight is 255 g/mol. The van der Waals surface area contributed by atoms with Crippen molar-refractivity contribution < 1.29 is 18.8 Å². The van der Waals surface area contributed by atoms with Crippen LogP contribution in [0.3, 0.4) is 0 Å². The van der Waals surface area contributed by atoms with Gasteiger partial charge in [0.05, 0.1) is 11.1 Å². The lowest BCUT2D eigenvalue weighted by Crippen LogP contribution is -2.21. The highest BCUT2D eigenvalue weighted by Crippen LogP contribution is 2.32. The van der Waals surface area contributed by atoms with Crippen molar-refractivity contribution in [3.05, 3.63) is 52.2 Å². The topological polar surface area (TPSA) is 77.2 Å². The predicted molar refractivity (Wildman–Crippen MR) is 64.6 cm³/mol. The van der Waals surface area contributed by atoms with Crippen LogP contribution in [0.4, 0.5) is 0 Å². The number of hydrogen-bond donors (Lipinski definition) is 0. The second-order valence-electron chi connectivity index (χ2n) is 4.37. The Bertz CT molecular complexity index is 755. The zero-order chi connectivity index (χ0) is 13.7. The van der Waals surface area contributed by atoms with E-state index in [1.807, 2.05) is 0 Å². The number of nitrogens with zero attached hydrogens (tertiary/aromatic N) is 1. The van der Waals surface area contributed by atoms with Gasteiger partial charge in [0.15, 0.2) is 17.3 Å². The van der Waals surface area contributed by atoms with Gasteiger partial charge in [0.2, 0.25) is 11.6 Å². The fourth-order valence-electron chi connectivity index (χ4n) is 2.29. The maximum absolute atomic E-state index is 12.3. The van der Waals surface area contributed by atoms with E-state index in [9.17, 15) is 14.4 Å². The van der Waals surface area contributed by atoms with E-state index in [-0.39, 0.29) is 39.9 Å². The number of Topliss-reactive ketones (excluding diaryl/α,β-unsaturated/α-hetero) is 1. The van der Waals surface area contributed by atoms with Crippen molar-refractivity contribution in [1.29, 1.82) is 0 Å². The van der Waals surface area contributed by atoms with E-state index >= 15 is 0 Å². The quantitative estimate of drug-likeness (QED) is 0.621. The van der Waals surface area contributed by atoms with Crippen LogP contribution in [0, 0.1) is 6.92 Å². The molecule has 0 fully saturated rings. The van der Waals surface area contributed by atoms with Gasteiger partial charge < -0.3 is 4.42 Å². The molecular weight excluding hydrogens is 246 g/mol. The van der Waals surface area contributed by atoms with Crippen LogP contribution in [0.15, 0.2) is 22.7 Å². The Morgan fingerprint density at radius 2 is 2.00 bits per heavy atom. The van der Waals surface area contributed by atoms with Gasteiger partial charge in [0, 0.05) is 18.7 Å². The third-order valence-corrected chi connectivity index (χ3v) is 3.17. The van der Waals surface area contributed by atoms with Crippen LogP contribution in [-0.4, -0.2) is 22.3 Å². The first-order valence-electron chi connectivity index (χ1n) is 5.71. The molecule has 0 radical (unpaired) electrons. The molecule has 5 heteroatoms. The molecule has 0 saturated carbocycles. The summed E-state index contributed by atoms with van der Waals surface area (Å²) < 4.78 is 5.29. The standard InChI is InChI=1S/C14H9NO4/c1-6-9-12(18)10-8(4-3-5-15-10)11(17)14(9)19-13(6)7(2)16/h3-5H,1-2H3. The van der Waals surface area contributed by atoms with Gasteiger partial charge in [-0.2, -0.15) is 0 Å². The van der Waals surface area contributed by atoms with E-state index in [2.05, 4.69) is 4.98 Å². The van der Waals surface area contributed by atoms with Crippen molar-refractivity contribution in [1.82, 2.24) is 4.98 Å². The van der Waals surface area contributed by atoms with Gasteiger partial charge >= 0.3 is 0 Å². The maximum Gasteiger partial charge on any atom is 0.231 e. The van der Waals surface area contributed by atoms with Crippen LogP contribution < -0.4 is 0 Å². The van der Waals surface area contributed by atoms with Crippen LogP contribution in [0.2, 0.25) is 0 Å². The molecule has 2 aromatic heterocycles. The summed E-state index contributed by atoms with van der Waals surface area (Å²) in [6.45, 7) is 2.93. The lowest BCUT2D eigenvalue weighted by Gasteiger charge is -2.11. The Morgan fingerprint density at radius 3 is 2.68 bits per heavy atom. The molecule has 94 valence electrons. The van der Waals surface area contributed by atoms with Crippen LogP contribution >= 0.6 is 0 Å². The normalized spacial score (nSPS) is 13.2. The number of hydrogen-bond acceptors (Lipinski definition) is 5. The number of carbonyl (C=O) groups excluding carboxylic acids is 3. The summed E-state index contributed by atoms with van der Waals surface area (Å²) in [4.78, 5) is 40.0. The van der Waals surface area contributed by atoms with Crippen molar-refractivity contribution in [3.8, 4) is 0 Å². The zero-order valence-corrected chi connectivity index (χ0v) is 10.3. The number of aromatic nitrogens is 1. The molecule has 0 atom stereocenters. The van der Waals surface area contributed by atoms with Gasteiger partial charge in [-0.25, -0.2) is 0 Å². The molecule has 19 heavy (non-hydrogen) atoms. The Morgan fingerprint density at radius 1 is 1.26 bits per heavy atom. The van der Waals surface area contributed by atoms with Gasteiger partial charge in [-0.15, -0.1) is 0 Å². The van der Waals surface area contributed by atoms with Gasteiger partial charge in [-0.05, 0) is 19.1 Å². The molecule has 3 rings (SSSR count). The highest BCUT2D eigenvalue weighted by Gasteiger charge is 2.37. The summed E-state index contributed by atoms with van der Waals surface area (Å²) in [5.74, 6) is -1.11. The molecule has 0 unspecified atom stereocenters. The molecule has 1 aliphatic rings. The Labute approximate surface area is 108 Å². The summed E-state index contributed by atoms with van der Waals surface area (Å²) in [5.41, 5.74) is 0.876. The number of pyridine rings is 1. The highest BCUT2D eigenvalue weighted by molar-refractivity contribution is 6.27. The van der Waals surface area contributed by atoms with E-state index in [1.165, 1.54) is 19.2 Å². The number of fused-ring (bicyclic) bond motifs is 2. The Balaban J connectivity index is 2.33. The fraction of sp³-hybridized carbons (Fsp3) is 0.143. The van der Waals surface area contributed by atoms with E-state index in [0.29, 0.717) is 5.56 Å². The van der Waals surface area contributed by atoms with E-state index in [1.54, 1.807) is 13.0 Å². The van der Waals surface area contributed by atoms with Crippen LogP contribution in [0.25, 0.3) is 0 Å². The molecule has 0 bridgehead atoms. The molecule has 2 heterocycles. The SMILES string of the molecule is CC(=O)c1oc2c(c1C)C(=O)c1ncccc1C2=O. The molecule has 0 amide bonds. The predicted octanol–water partition coefficient (Wildman–Crippen LogP) is 1.96. The molecule has 0 N–H and O–H groups in total. The first kappa shape index (κ1) is 11.5. The summed E-state index contributed by atoms with van der Waals surface area (Å²) in [6, 6.07) is 3.10. The molecule has 5 nitrogen and oxygen atoms in total. The van der Waals surface area contributed by atoms with E-state index < -0.39 is 5.78 Å². The molecular formula is C14H9NO4. The third-order valence-electron chi connectivity index (χ3n) is 3.17. The first-order chi connectivity index (χ1) is 9.02. The summed E-state index contributed by atoms with van der Waals surface area (Å²) >= 11 is 0.